The first-order valence-corrected chi connectivity index (χ1v) is 5.97. The predicted molar refractivity (Wildman–Crippen MR) is 67.4 cm³/mol. The molecule has 0 amide bonds. The summed E-state index contributed by atoms with van der Waals surface area (Å²) in [5.74, 6) is 0.703. The molecule has 0 saturated heterocycles. The summed E-state index contributed by atoms with van der Waals surface area (Å²) < 4.78 is 10.6. The molecular formula is C14H18O4. The normalized spacial score (nSPS) is 16.2. The summed E-state index contributed by atoms with van der Waals surface area (Å²) in [6, 6.07) is 3.75. The van der Waals surface area contributed by atoms with Gasteiger partial charge in [0.15, 0.2) is 0 Å². The van der Waals surface area contributed by atoms with Crippen LogP contribution in [0.3, 0.4) is 0 Å². The summed E-state index contributed by atoms with van der Waals surface area (Å²) in [6.45, 7) is 1.97. The maximum atomic E-state index is 11.0. The summed E-state index contributed by atoms with van der Waals surface area (Å²) in [6.07, 6.45) is 1.97. The molecule has 1 saturated carbocycles. The molecular weight excluding hydrogens is 232 g/mol. The molecule has 0 spiro atoms. The first-order chi connectivity index (χ1) is 8.52. The van der Waals surface area contributed by atoms with Crippen molar-refractivity contribution in [1.82, 2.24) is 0 Å². The van der Waals surface area contributed by atoms with E-state index in [-0.39, 0.29) is 11.8 Å². The summed E-state index contributed by atoms with van der Waals surface area (Å²) in [7, 11) is 3.21. The second-order valence-electron chi connectivity index (χ2n) is 4.87. The lowest BCUT2D eigenvalue weighted by Crippen LogP contribution is -2.15. The van der Waals surface area contributed by atoms with E-state index in [2.05, 4.69) is 0 Å². The van der Waals surface area contributed by atoms with Crippen LogP contribution in [0.15, 0.2) is 12.1 Å². The molecule has 0 aliphatic heterocycles. The van der Waals surface area contributed by atoms with E-state index < -0.39 is 5.97 Å². The fraction of sp³-hybridized carbons (Fsp3) is 0.500. The average molecular weight is 250 g/mol. The van der Waals surface area contributed by atoms with E-state index in [1.54, 1.807) is 14.2 Å². The van der Waals surface area contributed by atoms with Crippen LogP contribution in [0.25, 0.3) is 0 Å². The van der Waals surface area contributed by atoms with Gasteiger partial charge in [-0.2, -0.15) is 0 Å². The number of methoxy groups -OCH3 is 2. The minimum absolute atomic E-state index is 0.163. The zero-order valence-electron chi connectivity index (χ0n) is 10.9. The van der Waals surface area contributed by atoms with Crippen LogP contribution in [0.4, 0.5) is 0 Å². The Morgan fingerprint density at radius 3 is 2.44 bits per heavy atom. The second-order valence-corrected chi connectivity index (χ2v) is 4.87. The molecule has 1 N–H and O–H groups in total. The first-order valence-electron chi connectivity index (χ1n) is 5.97. The lowest BCUT2D eigenvalue weighted by atomic mass is 9.88. The Balaban J connectivity index is 2.47. The largest absolute Gasteiger partial charge is 0.497 e. The molecule has 1 aliphatic carbocycles. The van der Waals surface area contributed by atoms with Crippen LogP contribution in [0.5, 0.6) is 11.5 Å². The number of carbonyl (C=O) groups is 1. The van der Waals surface area contributed by atoms with E-state index >= 15 is 0 Å². The predicted octanol–water partition coefficient (Wildman–Crippen LogP) is 2.52. The highest BCUT2D eigenvalue weighted by atomic mass is 16.5. The topological polar surface area (TPSA) is 55.8 Å². The van der Waals surface area contributed by atoms with Crippen molar-refractivity contribution in [2.75, 3.05) is 14.2 Å². The molecule has 1 aromatic rings. The van der Waals surface area contributed by atoms with Crippen LogP contribution >= 0.6 is 0 Å². The number of ether oxygens (including phenoxy) is 2. The van der Waals surface area contributed by atoms with Gasteiger partial charge in [0, 0.05) is 17.0 Å². The Labute approximate surface area is 107 Å². The zero-order chi connectivity index (χ0) is 13.3. The molecule has 1 fully saturated rings. The minimum atomic E-state index is -0.759. The fourth-order valence-electron chi connectivity index (χ4n) is 2.64. The summed E-state index contributed by atoms with van der Waals surface area (Å²) in [4.78, 5) is 11.0. The van der Waals surface area contributed by atoms with Crippen molar-refractivity contribution in [1.29, 1.82) is 0 Å². The quantitative estimate of drug-likeness (QED) is 0.872. The van der Waals surface area contributed by atoms with Gasteiger partial charge in [-0.3, -0.25) is 4.79 Å². The van der Waals surface area contributed by atoms with Crippen molar-refractivity contribution < 1.29 is 19.4 Å². The summed E-state index contributed by atoms with van der Waals surface area (Å²) >= 11 is 0. The third-order valence-electron chi connectivity index (χ3n) is 3.60. The Morgan fingerprint density at radius 2 is 2.00 bits per heavy atom. The molecule has 4 heteroatoms. The third kappa shape index (κ3) is 2.15. The van der Waals surface area contributed by atoms with Gasteiger partial charge in [0.25, 0.3) is 0 Å². The zero-order valence-corrected chi connectivity index (χ0v) is 10.9. The Morgan fingerprint density at radius 1 is 1.33 bits per heavy atom. The van der Waals surface area contributed by atoms with Crippen LogP contribution in [0, 0.1) is 6.92 Å². The van der Waals surface area contributed by atoms with Crippen LogP contribution < -0.4 is 9.47 Å². The number of benzene rings is 1. The number of carboxylic acid groups (broad SMARTS) is 1. The third-order valence-corrected chi connectivity index (χ3v) is 3.60. The average Bonchev–Trinajstić information content (AvgIpc) is 3.07. The van der Waals surface area contributed by atoms with Gasteiger partial charge in [0.2, 0.25) is 0 Å². The van der Waals surface area contributed by atoms with Gasteiger partial charge in [0.1, 0.15) is 11.5 Å². The van der Waals surface area contributed by atoms with E-state index in [0.29, 0.717) is 0 Å². The molecule has 0 unspecified atom stereocenters. The molecule has 2 rings (SSSR count). The molecule has 0 radical (unpaired) electrons. The molecule has 0 atom stereocenters. The van der Waals surface area contributed by atoms with E-state index in [0.717, 1.165) is 35.5 Å². The highest BCUT2D eigenvalue weighted by molar-refractivity contribution is 5.71. The first kappa shape index (κ1) is 12.7. The Kier molecular flexibility index (Phi) is 3.20. The van der Waals surface area contributed by atoms with Crippen molar-refractivity contribution >= 4 is 5.97 Å². The van der Waals surface area contributed by atoms with Crippen molar-refractivity contribution in [2.24, 2.45) is 0 Å². The number of aryl methyl sites for hydroxylation is 1. The molecule has 0 bridgehead atoms. The van der Waals surface area contributed by atoms with Crippen LogP contribution in [0.1, 0.15) is 30.4 Å². The Bertz CT molecular complexity index is 475. The maximum absolute atomic E-state index is 11.0. The van der Waals surface area contributed by atoms with Gasteiger partial charge >= 0.3 is 5.97 Å². The van der Waals surface area contributed by atoms with Crippen LogP contribution in [-0.4, -0.2) is 25.3 Å². The van der Waals surface area contributed by atoms with Crippen molar-refractivity contribution in [3.05, 3.63) is 23.3 Å². The second kappa shape index (κ2) is 4.52. The molecule has 98 valence electrons. The van der Waals surface area contributed by atoms with E-state index in [9.17, 15) is 4.79 Å². The minimum Gasteiger partial charge on any atom is -0.497 e. The van der Waals surface area contributed by atoms with E-state index in [1.165, 1.54) is 0 Å². The van der Waals surface area contributed by atoms with Gasteiger partial charge < -0.3 is 14.6 Å². The van der Waals surface area contributed by atoms with Gasteiger partial charge in [-0.15, -0.1) is 0 Å². The lowest BCUT2D eigenvalue weighted by Gasteiger charge is -2.20. The SMILES string of the molecule is COc1cc(C)c(C2(CC(=O)O)CC2)c(OC)c1. The van der Waals surface area contributed by atoms with E-state index in [4.69, 9.17) is 14.6 Å². The van der Waals surface area contributed by atoms with Gasteiger partial charge in [-0.25, -0.2) is 0 Å². The molecule has 18 heavy (non-hydrogen) atoms. The summed E-state index contributed by atoms with van der Waals surface area (Å²) in [5.41, 5.74) is 1.81. The van der Waals surface area contributed by atoms with Crippen molar-refractivity contribution in [2.45, 2.75) is 31.6 Å². The molecule has 0 aromatic heterocycles. The van der Waals surface area contributed by atoms with Gasteiger partial charge in [0.05, 0.1) is 20.6 Å². The standard InChI is InChI=1S/C14H18O4/c1-9-6-10(17-2)7-11(18-3)13(9)14(4-5-14)8-12(15)16/h6-7H,4-5,8H2,1-3H3,(H,15,16). The van der Waals surface area contributed by atoms with Crippen LogP contribution in [-0.2, 0) is 10.2 Å². The number of hydrogen-bond donors (Lipinski definition) is 1. The number of rotatable bonds is 5. The molecule has 4 nitrogen and oxygen atoms in total. The number of hydrogen-bond acceptors (Lipinski definition) is 3. The molecule has 0 heterocycles. The Hall–Kier alpha value is -1.71. The molecule has 1 aliphatic rings. The highest BCUT2D eigenvalue weighted by Gasteiger charge is 2.48. The smallest absolute Gasteiger partial charge is 0.304 e. The summed E-state index contributed by atoms with van der Waals surface area (Å²) in [5, 5.41) is 9.04. The van der Waals surface area contributed by atoms with Gasteiger partial charge in [-0.05, 0) is 31.4 Å². The maximum Gasteiger partial charge on any atom is 0.304 e. The number of aliphatic carboxylic acids is 1. The van der Waals surface area contributed by atoms with E-state index in [1.807, 2.05) is 19.1 Å². The number of carboxylic acids is 1. The van der Waals surface area contributed by atoms with Gasteiger partial charge in [-0.1, -0.05) is 0 Å². The molecule has 1 aromatic carbocycles. The highest BCUT2D eigenvalue weighted by Crippen LogP contribution is 2.55. The monoisotopic (exact) mass is 250 g/mol. The fourth-order valence-corrected chi connectivity index (χ4v) is 2.64. The van der Waals surface area contributed by atoms with Crippen molar-refractivity contribution in [3.8, 4) is 11.5 Å². The van der Waals surface area contributed by atoms with Crippen LogP contribution in [0.2, 0.25) is 0 Å². The lowest BCUT2D eigenvalue weighted by molar-refractivity contribution is -0.137. The van der Waals surface area contributed by atoms with Crippen molar-refractivity contribution in [3.63, 3.8) is 0 Å².